The average Bonchev–Trinajstić information content (AvgIpc) is 2.72. The summed E-state index contributed by atoms with van der Waals surface area (Å²) in [5.74, 6) is 0.170. The number of quaternary nitrogens is 1. The van der Waals surface area contributed by atoms with Gasteiger partial charge >= 0.3 is 11.6 Å². The maximum Gasteiger partial charge on any atom is 0.339 e. The van der Waals surface area contributed by atoms with Crippen LogP contribution in [0.3, 0.4) is 0 Å². The first kappa shape index (κ1) is 21.5. The number of esters is 1. The largest absolute Gasteiger partial charge is 0.595 e. The molecule has 30 heavy (non-hydrogen) atoms. The number of benzene rings is 2. The van der Waals surface area contributed by atoms with Crippen LogP contribution in [0.25, 0.3) is 11.0 Å². The highest BCUT2D eigenvalue weighted by Gasteiger charge is 2.14. The summed E-state index contributed by atoms with van der Waals surface area (Å²) in [6.07, 6.45) is 0.375. The highest BCUT2D eigenvalue weighted by molar-refractivity contribution is 5.82. The zero-order chi connectivity index (χ0) is 21.7. The van der Waals surface area contributed by atoms with E-state index in [1.807, 2.05) is 13.0 Å². The maximum absolute atomic E-state index is 12.4. The number of rotatable bonds is 8. The summed E-state index contributed by atoms with van der Waals surface area (Å²) < 4.78 is 16.1. The molecule has 0 saturated heterocycles. The molecular formula is C22H23NO7. The molecule has 0 bridgehead atoms. The molecule has 0 aliphatic heterocycles. The number of nitrogens with one attached hydrogen (secondary N) is 1. The minimum absolute atomic E-state index is 0.118. The summed E-state index contributed by atoms with van der Waals surface area (Å²) in [7, 11) is 0. The van der Waals surface area contributed by atoms with Gasteiger partial charge in [-0.05, 0) is 55.7 Å². The minimum atomic E-state index is -0.982. The van der Waals surface area contributed by atoms with Crippen LogP contribution < -0.4 is 15.6 Å². The van der Waals surface area contributed by atoms with E-state index in [0.29, 0.717) is 23.5 Å². The summed E-state index contributed by atoms with van der Waals surface area (Å²) >= 11 is 0. The van der Waals surface area contributed by atoms with Crippen LogP contribution in [0.1, 0.15) is 30.0 Å². The highest BCUT2D eigenvalue weighted by Crippen LogP contribution is 2.25. The molecule has 158 valence electrons. The lowest BCUT2D eigenvalue weighted by atomic mass is 10.0. The number of carbonyl (C=O) groups excluding carboxylic acids is 1. The van der Waals surface area contributed by atoms with Gasteiger partial charge in [0.05, 0.1) is 6.61 Å². The van der Waals surface area contributed by atoms with Gasteiger partial charge in [0.2, 0.25) is 0 Å². The first-order chi connectivity index (χ1) is 14.4. The van der Waals surface area contributed by atoms with E-state index in [9.17, 15) is 14.8 Å². The molecule has 1 atom stereocenters. The third-order valence-corrected chi connectivity index (χ3v) is 4.75. The van der Waals surface area contributed by atoms with Gasteiger partial charge in [-0.2, -0.15) is 5.23 Å². The predicted molar refractivity (Wildman–Crippen MR) is 109 cm³/mol. The van der Waals surface area contributed by atoms with Crippen LogP contribution in [-0.4, -0.2) is 17.8 Å². The molecule has 0 aliphatic rings. The molecule has 0 amide bonds. The Bertz CT molecular complexity index is 1090. The van der Waals surface area contributed by atoms with E-state index >= 15 is 0 Å². The molecule has 0 saturated carbocycles. The Morgan fingerprint density at radius 1 is 1.20 bits per heavy atom. The lowest BCUT2D eigenvalue weighted by molar-refractivity contribution is -0.991. The number of carbonyl (C=O) groups is 1. The zero-order valence-electron chi connectivity index (χ0n) is 16.8. The van der Waals surface area contributed by atoms with Crippen LogP contribution in [0, 0.1) is 12.1 Å². The SMILES string of the molecule is CCOC(=O)CCc1c(C)c2ccc(OCc3ccc([NH+]([O-])O)cc3)cc2oc1=O. The molecule has 1 unspecified atom stereocenters. The average molecular weight is 413 g/mol. The van der Waals surface area contributed by atoms with Crippen molar-refractivity contribution in [3.63, 3.8) is 0 Å². The normalized spacial score (nSPS) is 12.0. The Morgan fingerprint density at radius 2 is 1.93 bits per heavy atom. The van der Waals surface area contributed by atoms with Gasteiger partial charge in [0.1, 0.15) is 17.9 Å². The van der Waals surface area contributed by atoms with Crippen molar-refractivity contribution in [3.05, 3.63) is 74.8 Å². The van der Waals surface area contributed by atoms with Crippen molar-refractivity contribution in [2.45, 2.75) is 33.3 Å². The van der Waals surface area contributed by atoms with Crippen molar-refractivity contribution in [2.24, 2.45) is 0 Å². The van der Waals surface area contributed by atoms with Crippen LogP contribution in [-0.2, 0) is 22.6 Å². The van der Waals surface area contributed by atoms with Crippen LogP contribution >= 0.6 is 0 Å². The van der Waals surface area contributed by atoms with Gasteiger partial charge in [0.15, 0.2) is 5.69 Å². The van der Waals surface area contributed by atoms with Crippen LogP contribution in [0.2, 0.25) is 0 Å². The fourth-order valence-electron chi connectivity index (χ4n) is 3.12. The monoisotopic (exact) mass is 413 g/mol. The quantitative estimate of drug-likeness (QED) is 0.331. The molecule has 0 radical (unpaired) electrons. The summed E-state index contributed by atoms with van der Waals surface area (Å²) in [5, 5.41) is 19.6. The summed E-state index contributed by atoms with van der Waals surface area (Å²) in [6, 6.07) is 11.6. The smallest absolute Gasteiger partial charge is 0.339 e. The molecule has 0 spiro atoms. The van der Waals surface area contributed by atoms with Gasteiger partial charge < -0.3 is 19.1 Å². The first-order valence-electron chi connectivity index (χ1n) is 9.56. The van der Waals surface area contributed by atoms with E-state index in [-0.39, 0.29) is 31.1 Å². The van der Waals surface area contributed by atoms with Crippen molar-refractivity contribution in [3.8, 4) is 5.75 Å². The van der Waals surface area contributed by atoms with E-state index in [4.69, 9.17) is 19.1 Å². The van der Waals surface area contributed by atoms with Gasteiger partial charge in [0.25, 0.3) is 0 Å². The number of hydrogen-bond acceptors (Lipinski definition) is 7. The van der Waals surface area contributed by atoms with Crippen molar-refractivity contribution >= 4 is 22.6 Å². The molecule has 3 rings (SSSR count). The minimum Gasteiger partial charge on any atom is -0.595 e. The van der Waals surface area contributed by atoms with Crippen LogP contribution in [0.5, 0.6) is 5.75 Å². The Morgan fingerprint density at radius 3 is 2.60 bits per heavy atom. The number of fused-ring (bicyclic) bond motifs is 1. The fraction of sp³-hybridized carbons (Fsp3) is 0.273. The molecule has 2 aromatic carbocycles. The van der Waals surface area contributed by atoms with Gasteiger partial charge in [0, 0.05) is 35.6 Å². The van der Waals surface area contributed by atoms with E-state index in [1.165, 1.54) is 12.1 Å². The van der Waals surface area contributed by atoms with Crippen molar-refractivity contribution in [1.82, 2.24) is 0 Å². The maximum atomic E-state index is 12.4. The second-order valence-electron chi connectivity index (χ2n) is 6.75. The number of aryl methyl sites for hydroxylation is 1. The van der Waals surface area contributed by atoms with Gasteiger partial charge in [-0.3, -0.25) is 4.79 Å². The Balaban J connectivity index is 1.75. The lowest BCUT2D eigenvalue weighted by Crippen LogP contribution is -2.99. The molecule has 1 heterocycles. The standard InChI is InChI=1S/C22H23NO7/c1-3-28-21(24)11-10-19-14(2)18-9-8-17(12-20(18)30-22(19)25)29-13-15-4-6-16(7-5-15)23(26)27/h4-9,12,23,26H,3,10-11,13H2,1-2H3. The van der Waals surface area contributed by atoms with Gasteiger partial charge in [-0.25, -0.2) is 10.0 Å². The lowest BCUT2D eigenvalue weighted by Gasteiger charge is -2.12. The number of hydrogen-bond donors (Lipinski definition) is 2. The third kappa shape index (κ3) is 5.04. The number of ether oxygens (including phenoxy) is 2. The highest BCUT2D eigenvalue weighted by atomic mass is 16.8. The Hall–Kier alpha value is -3.20. The van der Waals surface area contributed by atoms with E-state index < -0.39 is 10.9 Å². The van der Waals surface area contributed by atoms with E-state index in [0.717, 1.165) is 16.5 Å². The van der Waals surface area contributed by atoms with Crippen LogP contribution in [0.15, 0.2) is 51.7 Å². The Kier molecular flexibility index (Phi) is 6.83. The summed E-state index contributed by atoms with van der Waals surface area (Å²) in [5.41, 5.74) is 2.17. The zero-order valence-corrected chi connectivity index (χ0v) is 16.8. The fourth-order valence-corrected chi connectivity index (χ4v) is 3.12. The van der Waals surface area contributed by atoms with Gasteiger partial charge in [-0.15, -0.1) is 0 Å². The predicted octanol–water partition coefficient (Wildman–Crippen LogP) is 2.58. The molecule has 3 aromatic rings. The first-order valence-corrected chi connectivity index (χ1v) is 9.56. The third-order valence-electron chi connectivity index (χ3n) is 4.75. The molecular weight excluding hydrogens is 390 g/mol. The van der Waals surface area contributed by atoms with E-state index in [1.54, 1.807) is 31.2 Å². The summed E-state index contributed by atoms with van der Waals surface area (Å²) in [4.78, 5) is 24.0. The molecule has 0 aliphatic carbocycles. The molecule has 0 fully saturated rings. The van der Waals surface area contributed by atoms with Gasteiger partial charge in [-0.1, -0.05) is 0 Å². The topological polar surface area (TPSA) is 113 Å². The molecule has 8 heteroatoms. The second-order valence-corrected chi connectivity index (χ2v) is 6.75. The van der Waals surface area contributed by atoms with Crippen LogP contribution in [0.4, 0.5) is 5.69 Å². The van der Waals surface area contributed by atoms with E-state index in [2.05, 4.69) is 0 Å². The molecule has 1 aromatic heterocycles. The Labute approximate surface area is 172 Å². The van der Waals surface area contributed by atoms with Crippen molar-refractivity contribution in [2.75, 3.05) is 6.61 Å². The second kappa shape index (κ2) is 9.53. The molecule has 2 N–H and O–H groups in total. The van der Waals surface area contributed by atoms with Crippen molar-refractivity contribution < 1.29 is 29.1 Å². The van der Waals surface area contributed by atoms with Crippen molar-refractivity contribution in [1.29, 1.82) is 0 Å². The summed E-state index contributed by atoms with van der Waals surface area (Å²) in [6.45, 7) is 4.10. The molecule has 8 nitrogen and oxygen atoms in total.